The number of carbonyl (C=O) groups is 2. The van der Waals surface area contributed by atoms with Crippen molar-refractivity contribution >= 4 is 51.1 Å². The standard InChI is InChI=1S/C28H25ClN2O5S/c1-2-3-16-34-20-12-14-21(15-13-20)35-18-25(32)31-30-17-19-8-10-22(11-9-19)36-28(33)27-26(29)23-6-4-5-7-24(23)37-27/h4-15,17H,2-3,16,18H2,1H3,(H,31,32). The molecule has 0 aliphatic rings. The van der Waals surface area contributed by atoms with Gasteiger partial charge in [-0.2, -0.15) is 5.10 Å². The van der Waals surface area contributed by atoms with Gasteiger partial charge in [-0.05, 0) is 66.6 Å². The monoisotopic (exact) mass is 536 g/mol. The quantitative estimate of drug-likeness (QED) is 0.0779. The third-order valence-corrected chi connectivity index (χ3v) is 6.83. The van der Waals surface area contributed by atoms with Crippen LogP contribution in [0.3, 0.4) is 0 Å². The summed E-state index contributed by atoms with van der Waals surface area (Å²) >= 11 is 7.65. The number of amides is 1. The van der Waals surface area contributed by atoms with E-state index in [4.69, 9.17) is 25.8 Å². The Morgan fingerprint density at radius 3 is 2.32 bits per heavy atom. The normalized spacial score (nSPS) is 11.0. The highest BCUT2D eigenvalue weighted by atomic mass is 35.5. The molecule has 0 aliphatic carbocycles. The van der Waals surface area contributed by atoms with Crippen LogP contribution >= 0.6 is 22.9 Å². The van der Waals surface area contributed by atoms with Gasteiger partial charge >= 0.3 is 5.97 Å². The molecule has 3 aromatic carbocycles. The number of unbranched alkanes of at least 4 members (excludes halogenated alkanes) is 1. The molecule has 0 saturated heterocycles. The highest BCUT2D eigenvalue weighted by Crippen LogP contribution is 2.35. The molecule has 1 N–H and O–H groups in total. The van der Waals surface area contributed by atoms with Gasteiger partial charge in [0.15, 0.2) is 6.61 Å². The summed E-state index contributed by atoms with van der Waals surface area (Å²) in [6.07, 6.45) is 3.55. The van der Waals surface area contributed by atoms with Crippen LogP contribution in [0.1, 0.15) is 35.0 Å². The first-order valence-electron chi connectivity index (χ1n) is 11.7. The molecule has 1 heterocycles. The molecule has 7 nitrogen and oxygen atoms in total. The number of hydrogen-bond donors (Lipinski definition) is 1. The van der Waals surface area contributed by atoms with Crippen LogP contribution in [0.15, 0.2) is 77.9 Å². The minimum absolute atomic E-state index is 0.178. The predicted molar refractivity (Wildman–Crippen MR) is 146 cm³/mol. The first kappa shape index (κ1) is 26.2. The molecule has 0 spiro atoms. The summed E-state index contributed by atoms with van der Waals surface area (Å²) in [7, 11) is 0. The molecular formula is C28H25ClN2O5S. The molecule has 37 heavy (non-hydrogen) atoms. The molecule has 190 valence electrons. The van der Waals surface area contributed by atoms with E-state index in [1.54, 1.807) is 48.5 Å². The Morgan fingerprint density at radius 2 is 1.62 bits per heavy atom. The smallest absolute Gasteiger partial charge is 0.355 e. The van der Waals surface area contributed by atoms with E-state index in [1.165, 1.54) is 17.6 Å². The maximum absolute atomic E-state index is 12.6. The van der Waals surface area contributed by atoms with E-state index in [-0.39, 0.29) is 6.61 Å². The fraction of sp³-hybridized carbons (Fsp3) is 0.179. The summed E-state index contributed by atoms with van der Waals surface area (Å²) in [4.78, 5) is 24.9. The zero-order valence-corrected chi connectivity index (χ0v) is 21.7. The average Bonchev–Trinajstić information content (AvgIpc) is 3.26. The number of nitrogens with zero attached hydrogens (tertiary/aromatic N) is 1. The van der Waals surface area contributed by atoms with E-state index in [0.29, 0.717) is 33.6 Å². The van der Waals surface area contributed by atoms with Crippen molar-refractivity contribution in [1.82, 2.24) is 5.43 Å². The largest absolute Gasteiger partial charge is 0.494 e. The second-order valence-electron chi connectivity index (χ2n) is 7.96. The summed E-state index contributed by atoms with van der Waals surface area (Å²) in [5.41, 5.74) is 3.12. The summed E-state index contributed by atoms with van der Waals surface area (Å²) in [5, 5.41) is 5.15. The summed E-state index contributed by atoms with van der Waals surface area (Å²) in [6, 6.07) is 21.4. The SMILES string of the molecule is CCCCOc1ccc(OCC(=O)NN=Cc2ccc(OC(=O)c3sc4ccccc4c3Cl)cc2)cc1. The molecule has 0 saturated carbocycles. The van der Waals surface area contributed by atoms with Crippen LogP contribution in [0.5, 0.6) is 17.2 Å². The molecule has 0 radical (unpaired) electrons. The van der Waals surface area contributed by atoms with Gasteiger partial charge in [0, 0.05) is 10.1 Å². The van der Waals surface area contributed by atoms with E-state index in [9.17, 15) is 9.59 Å². The third kappa shape index (κ3) is 7.31. The van der Waals surface area contributed by atoms with Crippen molar-refractivity contribution in [3.05, 3.63) is 88.3 Å². The molecule has 1 aromatic heterocycles. The topological polar surface area (TPSA) is 86.2 Å². The number of hydrazone groups is 1. The van der Waals surface area contributed by atoms with Crippen LogP contribution in [0.2, 0.25) is 5.02 Å². The lowest BCUT2D eigenvalue weighted by molar-refractivity contribution is -0.123. The van der Waals surface area contributed by atoms with Gasteiger partial charge in [-0.3, -0.25) is 4.79 Å². The van der Waals surface area contributed by atoms with Gasteiger partial charge in [-0.15, -0.1) is 11.3 Å². The molecule has 9 heteroatoms. The van der Waals surface area contributed by atoms with E-state index < -0.39 is 11.9 Å². The summed E-state index contributed by atoms with van der Waals surface area (Å²) < 4.78 is 17.5. The van der Waals surface area contributed by atoms with E-state index in [1.807, 2.05) is 24.3 Å². The highest BCUT2D eigenvalue weighted by molar-refractivity contribution is 7.21. The first-order chi connectivity index (χ1) is 18.0. The Balaban J connectivity index is 1.22. The van der Waals surface area contributed by atoms with Crippen LogP contribution in [-0.4, -0.2) is 31.3 Å². The van der Waals surface area contributed by atoms with Gasteiger partial charge in [-0.1, -0.05) is 43.1 Å². The lowest BCUT2D eigenvalue weighted by atomic mass is 10.2. The molecule has 0 atom stereocenters. The van der Waals surface area contributed by atoms with Crippen molar-refractivity contribution in [1.29, 1.82) is 0 Å². The number of nitrogens with one attached hydrogen (secondary N) is 1. The van der Waals surface area contributed by atoms with Gasteiger partial charge in [0.05, 0.1) is 17.8 Å². The summed E-state index contributed by atoms with van der Waals surface area (Å²) in [6.45, 7) is 2.60. The molecule has 0 fully saturated rings. The number of esters is 1. The predicted octanol–water partition coefficient (Wildman–Crippen LogP) is 6.48. The Bertz CT molecular complexity index is 1380. The lowest BCUT2D eigenvalue weighted by Gasteiger charge is -2.08. The van der Waals surface area contributed by atoms with Crippen molar-refractivity contribution < 1.29 is 23.8 Å². The van der Waals surface area contributed by atoms with Gasteiger partial charge in [0.1, 0.15) is 22.1 Å². The van der Waals surface area contributed by atoms with E-state index in [0.717, 1.165) is 28.7 Å². The number of halogens is 1. The molecular weight excluding hydrogens is 512 g/mol. The fourth-order valence-electron chi connectivity index (χ4n) is 3.25. The van der Waals surface area contributed by atoms with Crippen molar-refractivity contribution in [2.75, 3.05) is 13.2 Å². The second kappa shape index (κ2) is 12.9. The van der Waals surface area contributed by atoms with Crippen molar-refractivity contribution in [2.24, 2.45) is 5.10 Å². The molecule has 4 rings (SSSR count). The molecule has 0 aliphatic heterocycles. The molecule has 0 unspecified atom stereocenters. The zero-order chi connectivity index (χ0) is 26.0. The Morgan fingerprint density at radius 1 is 0.946 bits per heavy atom. The molecule has 1 amide bonds. The number of carbonyl (C=O) groups excluding carboxylic acids is 2. The van der Waals surface area contributed by atoms with Gasteiger partial charge < -0.3 is 14.2 Å². The second-order valence-corrected chi connectivity index (χ2v) is 9.39. The van der Waals surface area contributed by atoms with Crippen molar-refractivity contribution in [3.8, 4) is 17.2 Å². The summed E-state index contributed by atoms with van der Waals surface area (Å²) in [5.74, 6) is 0.780. The van der Waals surface area contributed by atoms with Crippen LogP contribution in [-0.2, 0) is 4.79 Å². The van der Waals surface area contributed by atoms with Gasteiger partial charge in [0.25, 0.3) is 5.91 Å². The van der Waals surface area contributed by atoms with E-state index in [2.05, 4.69) is 17.5 Å². The number of thiophene rings is 1. The third-order valence-electron chi connectivity index (χ3n) is 5.17. The van der Waals surface area contributed by atoms with E-state index >= 15 is 0 Å². The molecule has 0 bridgehead atoms. The van der Waals surface area contributed by atoms with Crippen molar-refractivity contribution in [2.45, 2.75) is 19.8 Å². The molecule has 4 aromatic rings. The van der Waals surface area contributed by atoms with Crippen molar-refractivity contribution in [3.63, 3.8) is 0 Å². The van der Waals surface area contributed by atoms with Crippen LogP contribution < -0.4 is 19.6 Å². The number of benzene rings is 3. The number of hydrogen-bond acceptors (Lipinski definition) is 7. The fourth-order valence-corrected chi connectivity index (χ4v) is 4.63. The van der Waals surface area contributed by atoms with Gasteiger partial charge in [-0.25, -0.2) is 10.2 Å². The zero-order valence-electron chi connectivity index (χ0n) is 20.1. The minimum Gasteiger partial charge on any atom is -0.494 e. The Labute approximate surface area is 223 Å². The van der Waals surface area contributed by atoms with Gasteiger partial charge in [0.2, 0.25) is 0 Å². The number of ether oxygens (including phenoxy) is 3. The highest BCUT2D eigenvalue weighted by Gasteiger charge is 2.18. The van der Waals surface area contributed by atoms with Crippen LogP contribution in [0.25, 0.3) is 10.1 Å². The first-order valence-corrected chi connectivity index (χ1v) is 12.9. The average molecular weight is 537 g/mol. The maximum Gasteiger partial charge on any atom is 0.355 e. The maximum atomic E-state index is 12.6. The van der Waals surface area contributed by atoms with Crippen LogP contribution in [0, 0.1) is 0 Å². The Hall–Kier alpha value is -3.88. The Kier molecular flexibility index (Phi) is 9.13. The lowest BCUT2D eigenvalue weighted by Crippen LogP contribution is -2.24. The number of rotatable bonds is 11. The number of fused-ring (bicyclic) bond motifs is 1. The minimum atomic E-state index is -0.515. The van der Waals surface area contributed by atoms with Crippen LogP contribution in [0.4, 0.5) is 0 Å².